The van der Waals surface area contributed by atoms with E-state index >= 15 is 0 Å². The number of sulfone groups is 1. The number of piperidine rings is 1. The average molecular weight is 389 g/mol. The molecule has 1 aliphatic rings. The third-order valence-electron chi connectivity index (χ3n) is 4.07. The van der Waals surface area contributed by atoms with Crippen molar-refractivity contribution < 1.29 is 21.2 Å². The molecule has 0 amide bonds. The van der Waals surface area contributed by atoms with Crippen molar-refractivity contribution in [2.75, 3.05) is 13.1 Å². The average Bonchev–Trinajstić information content (AvgIpc) is 3.11. The van der Waals surface area contributed by atoms with Gasteiger partial charge in [0.1, 0.15) is 10.0 Å². The van der Waals surface area contributed by atoms with Gasteiger partial charge in [0.15, 0.2) is 9.84 Å². The summed E-state index contributed by atoms with van der Waals surface area (Å²) in [5.41, 5.74) is 0. The summed E-state index contributed by atoms with van der Waals surface area (Å²) in [5, 5.41) is 1.04. The molecule has 0 N–H and O–H groups in total. The van der Waals surface area contributed by atoms with Crippen LogP contribution in [0.15, 0.2) is 50.9 Å². The van der Waals surface area contributed by atoms with Crippen LogP contribution in [-0.4, -0.2) is 39.5 Å². The highest BCUT2D eigenvalue weighted by molar-refractivity contribution is 7.92. The Bertz CT molecular complexity index is 898. The molecule has 0 spiro atoms. The highest BCUT2D eigenvalue weighted by Crippen LogP contribution is 2.29. The lowest BCUT2D eigenvalue weighted by Gasteiger charge is -2.30. The summed E-state index contributed by atoms with van der Waals surface area (Å²) in [6.07, 6.45) is 0.453. The number of hydrogen-bond acceptors (Lipinski definition) is 5. The molecule has 0 atom stereocenters. The van der Waals surface area contributed by atoms with Crippen LogP contribution < -0.4 is 0 Å². The van der Waals surface area contributed by atoms with Gasteiger partial charge in [-0.05, 0) is 48.6 Å². The lowest BCUT2D eigenvalue weighted by atomic mass is 10.2. The van der Waals surface area contributed by atoms with Crippen LogP contribution in [-0.2, 0) is 19.9 Å². The molecule has 2 aromatic rings. The normalized spacial score (nSPS) is 17.9. The van der Waals surface area contributed by atoms with Crippen LogP contribution in [0, 0.1) is 5.82 Å². The maximum atomic E-state index is 13.0. The van der Waals surface area contributed by atoms with Crippen molar-refractivity contribution in [2.45, 2.75) is 27.2 Å². The molecule has 1 saturated heterocycles. The van der Waals surface area contributed by atoms with E-state index < -0.39 is 30.9 Å². The van der Waals surface area contributed by atoms with Crippen molar-refractivity contribution >= 4 is 31.2 Å². The Balaban J connectivity index is 1.74. The van der Waals surface area contributed by atoms with E-state index in [-0.39, 0.29) is 35.0 Å². The van der Waals surface area contributed by atoms with E-state index in [0.717, 1.165) is 23.5 Å². The Morgan fingerprint density at radius 2 is 1.62 bits per heavy atom. The summed E-state index contributed by atoms with van der Waals surface area (Å²) in [6.45, 7) is 0.316. The zero-order valence-electron chi connectivity index (χ0n) is 12.6. The Labute approximate surface area is 144 Å². The summed E-state index contributed by atoms with van der Waals surface area (Å²) in [4.78, 5) is 0.0727. The van der Waals surface area contributed by atoms with Crippen LogP contribution in [0.5, 0.6) is 0 Å². The van der Waals surface area contributed by atoms with E-state index in [1.165, 1.54) is 16.4 Å². The minimum Gasteiger partial charge on any atom is -0.223 e. The molecule has 5 nitrogen and oxygen atoms in total. The Morgan fingerprint density at radius 1 is 1.00 bits per heavy atom. The van der Waals surface area contributed by atoms with Crippen molar-refractivity contribution in [2.24, 2.45) is 0 Å². The molecule has 1 fully saturated rings. The minimum atomic E-state index is -3.59. The van der Waals surface area contributed by atoms with Gasteiger partial charge in [-0.15, -0.1) is 11.3 Å². The first-order valence-corrected chi connectivity index (χ1v) is 11.2. The summed E-state index contributed by atoms with van der Waals surface area (Å²) >= 11 is 1.14. The van der Waals surface area contributed by atoms with E-state index in [1.807, 2.05) is 0 Å². The number of nitrogens with zero attached hydrogens (tertiary/aromatic N) is 1. The van der Waals surface area contributed by atoms with Crippen molar-refractivity contribution in [1.29, 1.82) is 0 Å². The smallest absolute Gasteiger partial charge is 0.223 e. The molecule has 0 saturated carbocycles. The fourth-order valence-corrected chi connectivity index (χ4v) is 7.08. The predicted molar refractivity (Wildman–Crippen MR) is 89.7 cm³/mol. The second-order valence-electron chi connectivity index (χ2n) is 5.53. The number of rotatable bonds is 4. The SMILES string of the molecule is O=S(=O)(c1ccc(F)cc1)C1CCN(S(=O)(=O)c2cccs2)CC1. The summed E-state index contributed by atoms with van der Waals surface area (Å²) in [7, 11) is -7.14. The number of hydrogen-bond donors (Lipinski definition) is 0. The summed E-state index contributed by atoms with van der Waals surface area (Å²) in [5.74, 6) is -0.495. The van der Waals surface area contributed by atoms with Gasteiger partial charge in [0.25, 0.3) is 10.0 Å². The second-order valence-corrected chi connectivity index (χ2v) is 10.9. The van der Waals surface area contributed by atoms with E-state index in [2.05, 4.69) is 0 Å². The van der Waals surface area contributed by atoms with Crippen molar-refractivity contribution in [3.8, 4) is 0 Å². The molecular weight excluding hydrogens is 373 g/mol. The maximum Gasteiger partial charge on any atom is 0.252 e. The molecule has 24 heavy (non-hydrogen) atoms. The van der Waals surface area contributed by atoms with Gasteiger partial charge in [-0.25, -0.2) is 21.2 Å². The van der Waals surface area contributed by atoms with Gasteiger partial charge >= 0.3 is 0 Å². The highest BCUT2D eigenvalue weighted by Gasteiger charge is 2.35. The van der Waals surface area contributed by atoms with Gasteiger partial charge in [0.2, 0.25) is 0 Å². The molecule has 3 rings (SSSR count). The molecule has 130 valence electrons. The molecule has 1 aromatic carbocycles. The van der Waals surface area contributed by atoms with Gasteiger partial charge < -0.3 is 0 Å². The zero-order valence-corrected chi connectivity index (χ0v) is 15.1. The standard InChI is InChI=1S/C15H16FNO4S3/c16-12-3-5-13(6-4-12)23(18,19)14-7-9-17(10-8-14)24(20,21)15-2-1-11-22-15/h1-6,11,14H,7-10H2. The monoisotopic (exact) mass is 389 g/mol. The maximum absolute atomic E-state index is 13.0. The number of thiophene rings is 1. The van der Waals surface area contributed by atoms with Crippen LogP contribution in [0.4, 0.5) is 4.39 Å². The van der Waals surface area contributed by atoms with Crippen LogP contribution >= 0.6 is 11.3 Å². The van der Waals surface area contributed by atoms with Gasteiger partial charge in [-0.3, -0.25) is 0 Å². The second kappa shape index (κ2) is 6.55. The lowest BCUT2D eigenvalue weighted by molar-refractivity contribution is 0.346. The van der Waals surface area contributed by atoms with Crippen molar-refractivity contribution in [3.63, 3.8) is 0 Å². The van der Waals surface area contributed by atoms with E-state index in [4.69, 9.17) is 0 Å². The number of halogens is 1. The molecule has 0 aliphatic carbocycles. The van der Waals surface area contributed by atoms with Gasteiger partial charge in [-0.2, -0.15) is 4.31 Å². The fourth-order valence-electron chi connectivity index (χ4n) is 2.74. The first kappa shape index (κ1) is 17.5. The van der Waals surface area contributed by atoms with Gasteiger partial charge in [0, 0.05) is 13.1 Å². The van der Waals surface area contributed by atoms with Crippen LogP contribution in [0.25, 0.3) is 0 Å². The molecule has 1 aromatic heterocycles. The quantitative estimate of drug-likeness (QED) is 0.754. The third-order valence-corrected chi connectivity index (χ3v) is 9.62. The molecule has 0 unspecified atom stereocenters. The lowest BCUT2D eigenvalue weighted by Crippen LogP contribution is -2.42. The van der Waals surface area contributed by atoms with Crippen LogP contribution in [0.1, 0.15) is 12.8 Å². The topological polar surface area (TPSA) is 71.5 Å². The van der Waals surface area contributed by atoms with Gasteiger partial charge in [0.05, 0.1) is 10.1 Å². The molecule has 9 heteroatoms. The molecule has 0 bridgehead atoms. The molecule has 0 radical (unpaired) electrons. The highest BCUT2D eigenvalue weighted by atomic mass is 32.2. The largest absolute Gasteiger partial charge is 0.252 e. The summed E-state index contributed by atoms with van der Waals surface area (Å²) < 4.78 is 64.7. The summed E-state index contributed by atoms with van der Waals surface area (Å²) in [6, 6.07) is 7.94. The number of benzene rings is 1. The predicted octanol–water partition coefficient (Wildman–Crippen LogP) is 2.51. The van der Waals surface area contributed by atoms with E-state index in [1.54, 1.807) is 17.5 Å². The first-order chi connectivity index (χ1) is 11.3. The molecular formula is C15H16FNO4S3. The fraction of sp³-hybridized carbons (Fsp3) is 0.333. The Morgan fingerprint density at radius 3 is 2.17 bits per heavy atom. The van der Waals surface area contributed by atoms with Crippen LogP contribution in [0.2, 0.25) is 0 Å². The Kier molecular flexibility index (Phi) is 4.78. The minimum absolute atomic E-state index is 0.0727. The van der Waals surface area contributed by atoms with Crippen molar-refractivity contribution in [1.82, 2.24) is 4.31 Å². The molecule has 1 aliphatic heterocycles. The number of sulfonamides is 1. The van der Waals surface area contributed by atoms with E-state index in [0.29, 0.717) is 0 Å². The zero-order chi connectivity index (χ0) is 17.4. The van der Waals surface area contributed by atoms with E-state index in [9.17, 15) is 21.2 Å². The van der Waals surface area contributed by atoms with Gasteiger partial charge in [-0.1, -0.05) is 6.07 Å². The Hall–Kier alpha value is -1.29. The first-order valence-electron chi connectivity index (χ1n) is 7.35. The van der Waals surface area contributed by atoms with Crippen molar-refractivity contribution in [3.05, 3.63) is 47.6 Å². The van der Waals surface area contributed by atoms with Crippen LogP contribution in [0.3, 0.4) is 0 Å². The third kappa shape index (κ3) is 3.26. The molecule has 2 heterocycles.